The largest absolute Gasteiger partial charge is 0.416 e. The molecule has 2 aromatic rings. The first kappa shape index (κ1) is 15.0. The van der Waals surface area contributed by atoms with Gasteiger partial charge in [0.05, 0.1) is 5.56 Å². The van der Waals surface area contributed by atoms with E-state index in [9.17, 15) is 18.0 Å². The normalized spacial score (nSPS) is 11.5. The fourth-order valence-corrected chi connectivity index (χ4v) is 1.83. The van der Waals surface area contributed by atoms with Gasteiger partial charge in [-0.2, -0.15) is 18.3 Å². The van der Waals surface area contributed by atoms with E-state index < -0.39 is 17.6 Å². The molecule has 0 aliphatic heterocycles. The molecule has 2 rings (SSSR count). The Hall–Kier alpha value is -2.35. The Labute approximate surface area is 118 Å². The van der Waals surface area contributed by atoms with Crippen molar-refractivity contribution < 1.29 is 18.0 Å². The van der Waals surface area contributed by atoms with Crippen molar-refractivity contribution in [3.63, 3.8) is 0 Å². The number of nitrogens with zero attached hydrogens (tertiary/aromatic N) is 2. The van der Waals surface area contributed by atoms with Crippen LogP contribution < -0.4 is 11.1 Å². The molecule has 1 amide bonds. The average Bonchev–Trinajstić information content (AvgIpc) is 2.84. The zero-order valence-corrected chi connectivity index (χ0v) is 11.1. The summed E-state index contributed by atoms with van der Waals surface area (Å²) in [5.41, 5.74) is 4.56. The fraction of sp³-hybridized carbons (Fsp3) is 0.231. The lowest BCUT2D eigenvalue weighted by Gasteiger charge is -2.13. The molecule has 0 fully saturated rings. The number of rotatable bonds is 3. The van der Waals surface area contributed by atoms with Crippen LogP contribution in [0.5, 0.6) is 0 Å². The van der Waals surface area contributed by atoms with Gasteiger partial charge >= 0.3 is 6.18 Å². The smallest absolute Gasteiger partial charge is 0.326 e. The second-order valence-electron chi connectivity index (χ2n) is 4.40. The van der Waals surface area contributed by atoms with Crippen LogP contribution in [0, 0.1) is 0 Å². The Morgan fingerprint density at radius 1 is 1.38 bits per heavy atom. The van der Waals surface area contributed by atoms with Gasteiger partial charge in [0.2, 0.25) is 0 Å². The molecule has 112 valence electrons. The SMILES string of the molecule is Cn1ccc(C(=O)Nc2ccc(CN)c(C(F)(F)F)c2)n1. The highest BCUT2D eigenvalue weighted by molar-refractivity contribution is 6.02. The van der Waals surface area contributed by atoms with E-state index in [4.69, 9.17) is 5.73 Å². The van der Waals surface area contributed by atoms with E-state index in [1.54, 1.807) is 13.2 Å². The number of carbonyl (C=O) groups excluding carboxylic acids is 1. The van der Waals surface area contributed by atoms with E-state index in [1.165, 1.54) is 22.9 Å². The van der Waals surface area contributed by atoms with Crippen molar-refractivity contribution in [2.45, 2.75) is 12.7 Å². The first-order valence-electron chi connectivity index (χ1n) is 6.02. The average molecular weight is 298 g/mol. The Morgan fingerprint density at radius 2 is 2.10 bits per heavy atom. The number of hydrogen-bond acceptors (Lipinski definition) is 3. The summed E-state index contributed by atoms with van der Waals surface area (Å²) in [6.07, 6.45) is -2.96. The number of aromatic nitrogens is 2. The van der Waals surface area contributed by atoms with Crippen molar-refractivity contribution in [1.82, 2.24) is 9.78 Å². The quantitative estimate of drug-likeness (QED) is 0.912. The number of carbonyl (C=O) groups is 1. The van der Waals surface area contributed by atoms with Crippen LogP contribution in [0.4, 0.5) is 18.9 Å². The van der Waals surface area contributed by atoms with Gasteiger partial charge in [-0.05, 0) is 23.8 Å². The fourth-order valence-electron chi connectivity index (χ4n) is 1.83. The van der Waals surface area contributed by atoms with Crippen LogP contribution in [0.3, 0.4) is 0 Å². The minimum atomic E-state index is -4.53. The van der Waals surface area contributed by atoms with Crippen molar-refractivity contribution in [2.75, 3.05) is 5.32 Å². The summed E-state index contributed by atoms with van der Waals surface area (Å²) < 4.78 is 40.1. The third-order valence-electron chi connectivity index (χ3n) is 2.84. The van der Waals surface area contributed by atoms with Gasteiger partial charge in [0.1, 0.15) is 0 Å². The summed E-state index contributed by atoms with van der Waals surface area (Å²) in [7, 11) is 1.63. The molecular formula is C13H13F3N4O. The van der Waals surface area contributed by atoms with Gasteiger partial charge in [-0.3, -0.25) is 9.48 Å². The highest BCUT2D eigenvalue weighted by Gasteiger charge is 2.33. The maximum Gasteiger partial charge on any atom is 0.416 e. The first-order chi connectivity index (χ1) is 9.81. The molecule has 0 aliphatic rings. The molecule has 0 atom stereocenters. The number of benzene rings is 1. The Morgan fingerprint density at radius 3 is 2.62 bits per heavy atom. The molecule has 1 heterocycles. The minimum absolute atomic E-state index is 0.0293. The van der Waals surface area contributed by atoms with Gasteiger partial charge in [-0.15, -0.1) is 0 Å². The van der Waals surface area contributed by atoms with Gasteiger partial charge in [0, 0.05) is 25.5 Å². The lowest BCUT2D eigenvalue weighted by Crippen LogP contribution is -2.16. The number of hydrogen-bond donors (Lipinski definition) is 2. The Balaban J connectivity index is 2.27. The molecular weight excluding hydrogens is 285 g/mol. The Bertz CT molecular complexity index is 664. The predicted octanol–water partition coefficient (Wildman–Crippen LogP) is 2.15. The number of halogens is 3. The van der Waals surface area contributed by atoms with E-state index in [1.807, 2.05) is 0 Å². The van der Waals surface area contributed by atoms with E-state index >= 15 is 0 Å². The van der Waals surface area contributed by atoms with Crippen LogP contribution in [0.1, 0.15) is 21.6 Å². The van der Waals surface area contributed by atoms with Gasteiger partial charge in [0.15, 0.2) is 5.69 Å². The second-order valence-corrected chi connectivity index (χ2v) is 4.40. The Kier molecular flexibility index (Phi) is 3.99. The highest BCUT2D eigenvalue weighted by Crippen LogP contribution is 2.33. The molecule has 0 unspecified atom stereocenters. The molecule has 8 heteroatoms. The third-order valence-corrected chi connectivity index (χ3v) is 2.84. The number of anilines is 1. The van der Waals surface area contributed by atoms with Gasteiger partial charge < -0.3 is 11.1 Å². The lowest BCUT2D eigenvalue weighted by molar-refractivity contribution is -0.138. The van der Waals surface area contributed by atoms with Crippen LogP contribution in [0.2, 0.25) is 0 Å². The standard InChI is InChI=1S/C13H13F3N4O/c1-20-5-4-11(19-20)12(21)18-9-3-2-8(7-17)10(6-9)13(14,15)16/h2-6H,7,17H2,1H3,(H,18,21). The molecule has 0 saturated heterocycles. The molecule has 0 bridgehead atoms. The molecule has 0 saturated carbocycles. The predicted molar refractivity (Wildman–Crippen MR) is 70.5 cm³/mol. The highest BCUT2D eigenvalue weighted by atomic mass is 19.4. The molecule has 1 aromatic carbocycles. The molecule has 1 aromatic heterocycles. The number of nitrogens with one attached hydrogen (secondary N) is 1. The molecule has 21 heavy (non-hydrogen) atoms. The summed E-state index contributed by atoms with van der Waals surface area (Å²) in [4.78, 5) is 11.8. The number of aryl methyl sites for hydroxylation is 1. The first-order valence-corrected chi connectivity index (χ1v) is 6.02. The zero-order valence-electron chi connectivity index (χ0n) is 11.1. The van der Waals surface area contributed by atoms with Crippen LogP contribution >= 0.6 is 0 Å². The number of nitrogens with two attached hydrogens (primary N) is 1. The maximum atomic E-state index is 12.9. The topological polar surface area (TPSA) is 72.9 Å². The molecule has 0 radical (unpaired) electrons. The van der Waals surface area contributed by atoms with Gasteiger partial charge in [-0.1, -0.05) is 6.07 Å². The molecule has 0 aliphatic carbocycles. The van der Waals surface area contributed by atoms with E-state index in [2.05, 4.69) is 10.4 Å². The van der Waals surface area contributed by atoms with Crippen LogP contribution in [0.15, 0.2) is 30.5 Å². The van der Waals surface area contributed by atoms with Crippen LogP contribution in [-0.4, -0.2) is 15.7 Å². The number of alkyl halides is 3. The van der Waals surface area contributed by atoms with Crippen LogP contribution in [0.25, 0.3) is 0 Å². The molecule has 3 N–H and O–H groups in total. The summed E-state index contributed by atoms with van der Waals surface area (Å²) >= 11 is 0. The van der Waals surface area contributed by atoms with Gasteiger partial charge in [-0.25, -0.2) is 0 Å². The van der Waals surface area contributed by atoms with Crippen LogP contribution in [-0.2, 0) is 19.8 Å². The summed E-state index contributed by atoms with van der Waals surface area (Å²) in [6.45, 7) is -0.233. The van der Waals surface area contributed by atoms with Crippen molar-refractivity contribution in [2.24, 2.45) is 12.8 Å². The summed E-state index contributed by atoms with van der Waals surface area (Å²) in [5, 5.41) is 6.25. The minimum Gasteiger partial charge on any atom is -0.326 e. The third kappa shape index (κ3) is 3.40. The van der Waals surface area contributed by atoms with E-state index in [0.717, 1.165) is 6.07 Å². The van der Waals surface area contributed by atoms with E-state index in [0.29, 0.717) is 0 Å². The van der Waals surface area contributed by atoms with E-state index in [-0.39, 0.29) is 23.5 Å². The zero-order chi connectivity index (χ0) is 15.6. The van der Waals surface area contributed by atoms with Gasteiger partial charge in [0.25, 0.3) is 5.91 Å². The lowest BCUT2D eigenvalue weighted by atomic mass is 10.1. The van der Waals surface area contributed by atoms with Crippen molar-refractivity contribution >= 4 is 11.6 Å². The summed E-state index contributed by atoms with van der Waals surface area (Å²) in [6, 6.07) is 4.95. The summed E-state index contributed by atoms with van der Waals surface area (Å²) in [5.74, 6) is -0.579. The molecule has 0 spiro atoms. The van der Waals surface area contributed by atoms with Crippen molar-refractivity contribution in [1.29, 1.82) is 0 Å². The second kappa shape index (κ2) is 5.57. The maximum absolute atomic E-state index is 12.9. The molecule has 5 nitrogen and oxygen atoms in total. The monoisotopic (exact) mass is 298 g/mol. The van der Waals surface area contributed by atoms with Crippen molar-refractivity contribution in [3.05, 3.63) is 47.3 Å². The number of amides is 1. The van der Waals surface area contributed by atoms with Crippen molar-refractivity contribution in [3.8, 4) is 0 Å².